The van der Waals surface area contributed by atoms with Crippen LogP contribution in [-0.4, -0.2) is 20.2 Å². The van der Waals surface area contributed by atoms with Crippen molar-refractivity contribution in [1.82, 2.24) is 19.4 Å². The highest BCUT2D eigenvalue weighted by Gasteiger charge is 2.09. The Morgan fingerprint density at radius 3 is 2.76 bits per heavy atom. The van der Waals surface area contributed by atoms with Gasteiger partial charge >= 0.3 is 0 Å². The van der Waals surface area contributed by atoms with E-state index in [4.69, 9.17) is 0 Å². The number of hydrogen-bond donors (Lipinski definition) is 1. The number of fused-ring (bicyclic) bond motifs is 1. The van der Waals surface area contributed by atoms with Crippen molar-refractivity contribution in [3.63, 3.8) is 0 Å². The zero-order chi connectivity index (χ0) is 14.8. The average Bonchev–Trinajstić information content (AvgIpc) is 3.02. The number of nitrogens with one attached hydrogen (secondary N) is 1. The molecule has 4 heteroatoms. The molecule has 0 spiro atoms. The number of imidazole rings is 1. The third-order valence-corrected chi connectivity index (χ3v) is 3.82. The van der Waals surface area contributed by atoms with Crippen molar-refractivity contribution >= 4 is 10.9 Å². The number of para-hydroxylation sites is 1. The average molecular weight is 282 g/mol. The molecule has 0 saturated carbocycles. The molecule has 0 saturated heterocycles. The first kappa shape index (κ1) is 13.9. The second-order valence-electron chi connectivity index (χ2n) is 5.83. The van der Waals surface area contributed by atoms with E-state index in [1.807, 2.05) is 19.6 Å². The van der Waals surface area contributed by atoms with Crippen LogP contribution in [0.3, 0.4) is 0 Å². The number of hydrogen-bond acceptors (Lipinski definition) is 2. The lowest BCUT2D eigenvalue weighted by Crippen LogP contribution is -2.21. The summed E-state index contributed by atoms with van der Waals surface area (Å²) >= 11 is 0. The standard InChI is InChI=1S/C17H22N4/c1-13(2)19-8-14-10-21(11-15-9-18-12-20(15)3)17-7-5-4-6-16(14)17/h4-7,9-10,12-13,19H,8,11H2,1-3H3. The molecule has 0 aliphatic carbocycles. The summed E-state index contributed by atoms with van der Waals surface area (Å²) in [7, 11) is 2.04. The fourth-order valence-corrected chi connectivity index (χ4v) is 2.62. The van der Waals surface area contributed by atoms with E-state index in [0.29, 0.717) is 6.04 Å². The summed E-state index contributed by atoms with van der Waals surface area (Å²) in [5.41, 5.74) is 3.83. The third kappa shape index (κ3) is 2.85. The molecule has 0 amide bonds. The van der Waals surface area contributed by atoms with Crippen molar-refractivity contribution in [2.45, 2.75) is 33.0 Å². The Bertz CT molecular complexity index is 736. The Morgan fingerprint density at radius 1 is 1.24 bits per heavy atom. The van der Waals surface area contributed by atoms with Crippen molar-refractivity contribution in [1.29, 1.82) is 0 Å². The first-order valence-corrected chi connectivity index (χ1v) is 7.40. The van der Waals surface area contributed by atoms with Gasteiger partial charge in [-0.25, -0.2) is 4.98 Å². The van der Waals surface area contributed by atoms with Gasteiger partial charge in [-0.3, -0.25) is 0 Å². The zero-order valence-electron chi connectivity index (χ0n) is 12.9. The van der Waals surface area contributed by atoms with E-state index in [-0.39, 0.29) is 0 Å². The molecule has 3 aromatic rings. The minimum absolute atomic E-state index is 0.490. The van der Waals surface area contributed by atoms with E-state index < -0.39 is 0 Å². The Labute approximate surface area is 125 Å². The van der Waals surface area contributed by atoms with Crippen LogP contribution in [0.15, 0.2) is 43.0 Å². The molecule has 4 nitrogen and oxygen atoms in total. The van der Waals surface area contributed by atoms with Crippen LogP contribution >= 0.6 is 0 Å². The summed E-state index contributed by atoms with van der Waals surface area (Å²) in [6.07, 6.45) is 6.04. The summed E-state index contributed by atoms with van der Waals surface area (Å²) in [6, 6.07) is 9.08. The van der Waals surface area contributed by atoms with Gasteiger partial charge in [0.15, 0.2) is 0 Å². The lowest BCUT2D eigenvalue weighted by Gasteiger charge is -2.06. The van der Waals surface area contributed by atoms with Crippen LogP contribution in [0.1, 0.15) is 25.1 Å². The van der Waals surface area contributed by atoms with E-state index >= 15 is 0 Å². The molecule has 0 unspecified atom stereocenters. The molecule has 0 aliphatic rings. The molecule has 1 N–H and O–H groups in total. The molecule has 1 aromatic carbocycles. The van der Waals surface area contributed by atoms with Crippen molar-refractivity contribution in [2.24, 2.45) is 7.05 Å². The summed E-state index contributed by atoms with van der Waals surface area (Å²) in [6.45, 7) is 6.10. The Kier molecular flexibility index (Phi) is 3.80. The Balaban J connectivity index is 1.96. The van der Waals surface area contributed by atoms with Crippen LogP contribution in [-0.2, 0) is 20.1 Å². The first-order valence-electron chi connectivity index (χ1n) is 7.40. The summed E-state index contributed by atoms with van der Waals surface area (Å²) in [5.74, 6) is 0. The van der Waals surface area contributed by atoms with Gasteiger partial charge in [0.05, 0.1) is 18.6 Å². The van der Waals surface area contributed by atoms with Crippen LogP contribution in [0.5, 0.6) is 0 Å². The lowest BCUT2D eigenvalue weighted by atomic mass is 10.2. The van der Waals surface area contributed by atoms with Crippen molar-refractivity contribution in [2.75, 3.05) is 0 Å². The number of nitrogens with zero attached hydrogens (tertiary/aromatic N) is 3. The fourth-order valence-electron chi connectivity index (χ4n) is 2.62. The molecule has 3 rings (SSSR count). The van der Waals surface area contributed by atoms with Gasteiger partial charge in [0.25, 0.3) is 0 Å². The molecule has 0 radical (unpaired) electrons. The van der Waals surface area contributed by atoms with E-state index in [0.717, 1.165) is 13.1 Å². The third-order valence-electron chi connectivity index (χ3n) is 3.82. The van der Waals surface area contributed by atoms with Crippen LogP contribution in [0, 0.1) is 0 Å². The molecule has 110 valence electrons. The van der Waals surface area contributed by atoms with E-state index in [1.54, 1.807) is 0 Å². The second kappa shape index (κ2) is 5.74. The smallest absolute Gasteiger partial charge is 0.0946 e. The molecular weight excluding hydrogens is 260 g/mol. The van der Waals surface area contributed by atoms with Crippen molar-refractivity contribution in [3.05, 3.63) is 54.2 Å². The minimum atomic E-state index is 0.490. The van der Waals surface area contributed by atoms with Crippen LogP contribution in [0.2, 0.25) is 0 Å². The quantitative estimate of drug-likeness (QED) is 0.781. The SMILES string of the molecule is CC(C)NCc1cn(Cc2cncn2C)c2ccccc12. The summed E-state index contributed by atoms with van der Waals surface area (Å²) in [4.78, 5) is 4.20. The number of aromatic nitrogens is 3. The topological polar surface area (TPSA) is 34.8 Å². The normalized spacial score (nSPS) is 11.6. The molecule has 2 heterocycles. The monoisotopic (exact) mass is 282 g/mol. The summed E-state index contributed by atoms with van der Waals surface area (Å²) in [5, 5.41) is 4.83. The zero-order valence-corrected chi connectivity index (χ0v) is 12.9. The van der Waals surface area contributed by atoms with Gasteiger partial charge in [-0.2, -0.15) is 0 Å². The fraction of sp³-hybridized carbons (Fsp3) is 0.353. The molecular formula is C17H22N4. The number of aryl methyl sites for hydroxylation is 1. The van der Waals surface area contributed by atoms with E-state index in [9.17, 15) is 0 Å². The van der Waals surface area contributed by atoms with Gasteiger partial charge < -0.3 is 14.5 Å². The molecule has 21 heavy (non-hydrogen) atoms. The maximum absolute atomic E-state index is 4.20. The first-order chi connectivity index (χ1) is 10.1. The Hall–Kier alpha value is -2.07. The van der Waals surface area contributed by atoms with Gasteiger partial charge in [-0.15, -0.1) is 0 Å². The van der Waals surface area contributed by atoms with Gasteiger partial charge in [-0.1, -0.05) is 32.0 Å². The van der Waals surface area contributed by atoms with Gasteiger partial charge in [0, 0.05) is 42.9 Å². The highest BCUT2D eigenvalue weighted by molar-refractivity contribution is 5.84. The predicted molar refractivity (Wildman–Crippen MR) is 86.2 cm³/mol. The number of rotatable bonds is 5. The van der Waals surface area contributed by atoms with Crippen molar-refractivity contribution in [3.8, 4) is 0 Å². The molecule has 0 atom stereocenters. The molecule has 2 aromatic heterocycles. The van der Waals surface area contributed by atoms with Crippen LogP contribution < -0.4 is 5.32 Å². The number of benzene rings is 1. The predicted octanol–water partition coefficient (Wildman–Crippen LogP) is 2.92. The Morgan fingerprint density at radius 2 is 2.05 bits per heavy atom. The molecule has 0 aliphatic heterocycles. The van der Waals surface area contributed by atoms with Crippen LogP contribution in [0.25, 0.3) is 10.9 Å². The largest absolute Gasteiger partial charge is 0.341 e. The molecule has 0 bridgehead atoms. The van der Waals surface area contributed by atoms with Gasteiger partial charge in [0.1, 0.15) is 0 Å². The van der Waals surface area contributed by atoms with Crippen LogP contribution in [0.4, 0.5) is 0 Å². The van der Waals surface area contributed by atoms with Gasteiger partial charge in [0.2, 0.25) is 0 Å². The highest BCUT2D eigenvalue weighted by Crippen LogP contribution is 2.22. The van der Waals surface area contributed by atoms with Gasteiger partial charge in [-0.05, 0) is 11.6 Å². The summed E-state index contributed by atoms with van der Waals surface area (Å²) < 4.78 is 4.38. The van der Waals surface area contributed by atoms with Crippen molar-refractivity contribution < 1.29 is 0 Å². The maximum atomic E-state index is 4.20. The highest BCUT2D eigenvalue weighted by atomic mass is 15.1. The minimum Gasteiger partial charge on any atom is -0.341 e. The molecule has 0 fully saturated rings. The lowest BCUT2D eigenvalue weighted by molar-refractivity contribution is 0.589. The second-order valence-corrected chi connectivity index (χ2v) is 5.83. The van der Waals surface area contributed by atoms with E-state index in [2.05, 4.69) is 63.7 Å². The maximum Gasteiger partial charge on any atom is 0.0946 e. The van der Waals surface area contributed by atoms with E-state index in [1.165, 1.54) is 22.2 Å².